The number of hydrogen-bond acceptors (Lipinski definition) is 2. The maximum absolute atomic E-state index is 12.0. The highest BCUT2D eigenvalue weighted by atomic mass is 35.5. The molecule has 0 radical (unpaired) electrons. The fourth-order valence-electron chi connectivity index (χ4n) is 2.14. The summed E-state index contributed by atoms with van der Waals surface area (Å²) in [5.74, 6) is -0.0375. The van der Waals surface area contributed by atoms with Crippen LogP contribution < -0.4 is 5.32 Å². The summed E-state index contributed by atoms with van der Waals surface area (Å²) in [4.78, 5) is 13.9. The Morgan fingerprint density at radius 2 is 1.91 bits per heavy atom. The van der Waals surface area contributed by atoms with Crippen LogP contribution in [0.5, 0.6) is 0 Å². The summed E-state index contributed by atoms with van der Waals surface area (Å²) < 4.78 is 0. The second kappa shape index (κ2) is 8.18. The van der Waals surface area contributed by atoms with Crippen LogP contribution >= 0.6 is 23.2 Å². The van der Waals surface area contributed by atoms with Gasteiger partial charge in [-0.3, -0.25) is 9.69 Å². The molecule has 0 aromatic heterocycles. The minimum Gasteiger partial charge on any atom is -0.351 e. The largest absolute Gasteiger partial charge is 0.351 e. The van der Waals surface area contributed by atoms with Gasteiger partial charge < -0.3 is 5.32 Å². The summed E-state index contributed by atoms with van der Waals surface area (Å²) in [7, 11) is 1.90. The van der Waals surface area contributed by atoms with Crippen LogP contribution in [0.25, 0.3) is 0 Å². The number of benzene rings is 2. The number of halogens is 2. The molecule has 0 heterocycles. The molecule has 116 valence electrons. The SMILES string of the molecule is CN(CC(=O)NCc1ccccc1Cl)Cc1cccc(Cl)c1. The van der Waals surface area contributed by atoms with Crippen LogP contribution in [0, 0.1) is 0 Å². The second-order valence-corrected chi connectivity index (χ2v) is 6.01. The minimum atomic E-state index is -0.0375. The van der Waals surface area contributed by atoms with Gasteiger partial charge in [-0.05, 0) is 36.4 Å². The van der Waals surface area contributed by atoms with Crippen LogP contribution in [0.1, 0.15) is 11.1 Å². The minimum absolute atomic E-state index is 0.0375. The maximum Gasteiger partial charge on any atom is 0.234 e. The first-order valence-corrected chi connectivity index (χ1v) is 7.73. The lowest BCUT2D eigenvalue weighted by molar-refractivity contribution is -0.122. The van der Waals surface area contributed by atoms with Crippen molar-refractivity contribution in [3.8, 4) is 0 Å². The first-order valence-electron chi connectivity index (χ1n) is 6.97. The van der Waals surface area contributed by atoms with Crippen molar-refractivity contribution >= 4 is 29.1 Å². The van der Waals surface area contributed by atoms with E-state index >= 15 is 0 Å². The predicted octanol–water partition coefficient (Wildman–Crippen LogP) is 3.74. The highest BCUT2D eigenvalue weighted by molar-refractivity contribution is 6.31. The number of nitrogens with one attached hydrogen (secondary N) is 1. The molecule has 0 aliphatic rings. The van der Waals surface area contributed by atoms with Crippen molar-refractivity contribution < 1.29 is 4.79 Å². The van der Waals surface area contributed by atoms with Gasteiger partial charge in [-0.15, -0.1) is 0 Å². The van der Waals surface area contributed by atoms with E-state index in [1.54, 1.807) is 0 Å². The molecule has 5 heteroatoms. The Hall–Kier alpha value is -1.55. The zero-order valence-corrected chi connectivity index (χ0v) is 13.9. The molecule has 1 N–H and O–H groups in total. The van der Waals surface area contributed by atoms with Gasteiger partial charge in [-0.1, -0.05) is 53.5 Å². The maximum atomic E-state index is 12.0. The molecule has 0 unspecified atom stereocenters. The topological polar surface area (TPSA) is 32.3 Å². The third-order valence-corrected chi connectivity index (χ3v) is 3.79. The number of rotatable bonds is 6. The Morgan fingerprint density at radius 3 is 2.64 bits per heavy atom. The molecule has 22 heavy (non-hydrogen) atoms. The number of carbonyl (C=O) groups is 1. The van der Waals surface area contributed by atoms with Gasteiger partial charge in [0.05, 0.1) is 6.54 Å². The summed E-state index contributed by atoms with van der Waals surface area (Å²) in [6.45, 7) is 1.42. The molecule has 0 aliphatic heterocycles. The summed E-state index contributed by atoms with van der Waals surface area (Å²) in [6, 6.07) is 15.1. The smallest absolute Gasteiger partial charge is 0.234 e. The molecule has 0 fully saturated rings. The molecule has 2 rings (SSSR count). The molecule has 0 saturated carbocycles. The van der Waals surface area contributed by atoms with Gasteiger partial charge in [0.1, 0.15) is 0 Å². The fraction of sp³-hybridized carbons (Fsp3) is 0.235. The van der Waals surface area contributed by atoms with Gasteiger partial charge in [0.2, 0.25) is 5.91 Å². The molecule has 0 saturated heterocycles. The lowest BCUT2D eigenvalue weighted by atomic mass is 10.2. The van der Waals surface area contributed by atoms with Gasteiger partial charge >= 0.3 is 0 Å². The van der Waals surface area contributed by atoms with Crippen molar-refractivity contribution in [2.45, 2.75) is 13.1 Å². The number of nitrogens with zero attached hydrogens (tertiary/aromatic N) is 1. The molecule has 3 nitrogen and oxygen atoms in total. The number of amides is 1. The van der Waals surface area contributed by atoms with Crippen molar-refractivity contribution in [3.05, 3.63) is 69.7 Å². The molecule has 2 aromatic rings. The van der Waals surface area contributed by atoms with E-state index in [4.69, 9.17) is 23.2 Å². The standard InChI is InChI=1S/C17H18Cl2N2O/c1-21(11-13-5-4-7-15(18)9-13)12-17(22)20-10-14-6-2-3-8-16(14)19/h2-9H,10-12H2,1H3,(H,20,22). The average molecular weight is 337 g/mol. The van der Waals surface area contributed by atoms with Crippen molar-refractivity contribution in [2.24, 2.45) is 0 Å². The van der Waals surface area contributed by atoms with Gasteiger partial charge in [-0.2, -0.15) is 0 Å². The van der Waals surface area contributed by atoms with E-state index in [1.807, 2.05) is 60.5 Å². The lowest BCUT2D eigenvalue weighted by Gasteiger charge is -2.16. The average Bonchev–Trinajstić information content (AvgIpc) is 2.46. The Kier molecular flexibility index (Phi) is 6.25. The first kappa shape index (κ1) is 16.8. The van der Waals surface area contributed by atoms with Gasteiger partial charge in [0, 0.05) is 23.1 Å². The molecule has 0 aliphatic carbocycles. The van der Waals surface area contributed by atoms with Crippen LogP contribution in [0.3, 0.4) is 0 Å². The van der Waals surface area contributed by atoms with Crippen LogP contribution in [-0.4, -0.2) is 24.4 Å². The number of likely N-dealkylation sites (N-methyl/N-ethyl adjacent to an activating group) is 1. The van der Waals surface area contributed by atoms with Crippen molar-refractivity contribution in [1.82, 2.24) is 10.2 Å². The van der Waals surface area contributed by atoms with E-state index < -0.39 is 0 Å². The molecule has 1 amide bonds. The van der Waals surface area contributed by atoms with E-state index in [0.717, 1.165) is 11.1 Å². The summed E-state index contributed by atoms with van der Waals surface area (Å²) in [5.41, 5.74) is 1.99. The Bertz CT molecular complexity index is 646. The fourth-order valence-corrected chi connectivity index (χ4v) is 2.55. The van der Waals surface area contributed by atoms with Crippen molar-refractivity contribution in [1.29, 1.82) is 0 Å². The Morgan fingerprint density at radius 1 is 1.14 bits per heavy atom. The lowest BCUT2D eigenvalue weighted by Crippen LogP contribution is -2.34. The summed E-state index contributed by atoms with van der Waals surface area (Å²) in [6.07, 6.45) is 0. The highest BCUT2D eigenvalue weighted by Gasteiger charge is 2.08. The van der Waals surface area contributed by atoms with Crippen LogP contribution in [0.4, 0.5) is 0 Å². The third kappa shape index (κ3) is 5.34. The molecule has 0 spiro atoms. The van der Waals surface area contributed by atoms with Gasteiger partial charge in [0.25, 0.3) is 0 Å². The van der Waals surface area contributed by atoms with E-state index in [-0.39, 0.29) is 5.91 Å². The second-order valence-electron chi connectivity index (χ2n) is 5.17. The zero-order valence-electron chi connectivity index (χ0n) is 12.4. The highest BCUT2D eigenvalue weighted by Crippen LogP contribution is 2.14. The molecular weight excluding hydrogens is 319 g/mol. The first-order chi connectivity index (χ1) is 10.5. The van der Waals surface area contributed by atoms with Gasteiger partial charge in [0.15, 0.2) is 0 Å². The van der Waals surface area contributed by atoms with Crippen molar-refractivity contribution in [3.63, 3.8) is 0 Å². The van der Waals surface area contributed by atoms with Gasteiger partial charge in [-0.25, -0.2) is 0 Å². The summed E-state index contributed by atoms with van der Waals surface area (Å²) in [5, 5.41) is 4.24. The Labute approximate surface area is 140 Å². The quantitative estimate of drug-likeness (QED) is 0.871. The molecule has 0 atom stereocenters. The third-order valence-electron chi connectivity index (χ3n) is 3.19. The molecule has 0 bridgehead atoms. The van der Waals surface area contributed by atoms with E-state index in [9.17, 15) is 4.79 Å². The monoisotopic (exact) mass is 336 g/mol. The van der Waals surface area contributed by atoms with E-state index in [0.29, 0.717) is 29.7 Å². The normalized spacial score (nSPS) is 10.7. The number of carbonyl (C=O) groups excluding carboxylic acids is 1. The Balaban J connectivity index is 1.80. The molecular formula is C17H18Cl2N2O. The molecule has 2 aromatic carbocycles. The van der Waals surface area contributed by atoms with Crippen LogP contribution in [0.2, 0.25) is 10.0 Å². The van der Waals surface area contributed by atoms with E-state index in [1.165, 1.54) is 0 Å². The zero-order chi connectivity index (χ0) is 15.9. The van der Waals surface area contributed by atoms with Crippen LogP contribution in [0.15, 0.2) is 48.5 Å². The number of hydrogen-bond donors (Lipinski definition) is 1. The summed E-state index contributed by atoms with van der Waals surface area (Å²) >= 11 is 12.0. The van der Waals surface area contributed by atoms with Crippen LogP contribution in [-0.2, 0) is 17.9 Å². The van der Waals surface area contributed by atoms with Crippen molar-refractivity contribution in [2.75, 3.05) is 13.6 Å². The van der Waals surface area contributed by atoms with E-state index in [2.05, 4.69) is 5.32 Å². The predicted molar refractivity (Wildman–Crippen MR) is 91.1 cm³/mol.